The molecule has 0 aliphatic rings. The minimum atomic E-state index is -3.91. The third-order valence-corrected chi connectivity index (χ3v) is 5.40. The maximum Gasteiger partial charge on any atom is 0.262 e. The second kappa shape index (κ2) is 7.64. The minimum absolute atomic E-state index is 0.0440. The highest BCUT2D eigenvalue weighted by atomic mass is 35.5. The SMILES string of the molecule is Cc1ccc(Cl)cc1S(=O)(=O)Nc1cc(C(=O)NC(C)C)ccc1Cl. The van der Waals surface area contributed by atoms with Crippen LogP contribution in [0.25, 0.3) is 0 Å². The Labute approximate surface area is 157 Å². The van der Waals surface area contributed by atoms with Gasteiger partial charge in [0.25, 0.3) is 15.9 Å². The predicted molar refractivity (Wildman–Crippen MR) is 101 cm³/mol. The lowest BCUT2D eigenvalue weighted by Crippen LogP contribution is -2.30. The molecule has 0 atom stereocenters. The molecular formula is C17H18Cl2N2O3S. The summed E-state index contributed by atoms with van der Waals surface area (Å²) in [5, 5.41) is 3.23. The maximum absolute atomic E-state index is 12.7. The molecule has 0 fully saturated rings. The van der Waals surface area contributed by atoms with Gasteiger partial charge in [-0.2, -0.15) is 0 Å². The van der Waals surface area contributed by atoms with Gasteiger partial charge in [-0.1, -0.05) is 29.3 Å². The summed E-state index contributed by atoms with van der Waals surface area (Å²) in [6, 6.07) is 8.95. The lowest BCUT2D eigenvalue weighted by Gasteiger charge is -2.14. The van der Waals surface area contributed by atoms with E-state index in [0.29, 0.717) is 16.1 Å². The third-order valence-electron chi connectivity index (χ3n) is 3.33. The highest BCUT2D eigenvalue weighted by molar-refractivity contribution is 7.92. The lowest BCUT2D eigenvalue weighted by molar-refractivity contribution is 0.0943. The Morgan fingerprint density at radius 3 is 2.40 bits per heavy atom. The van der Waals surface area contributed by atoms with Crippen molar-refractivity contribution in [1.82, 2.24) is 5.32 Å². The van der Waals surface area contributed by atoms with Crippen LogP contribution in [0.15, 0.2) is 41.3 Å². The lowest BCUT2D eigenvalue weighted by atomic mass is 10.2. The largest absolute Gasteiger partial charge is 0.350 e. The molecule has 0 heterocycles. The Bertz CT molecular complexity index is 912. The predicted octanol–water partition coefficient (Wildman–Crippen LogP) is 4.24. The molecule has 134 valence electrons. The van der Waals surface area contributed by atoms with Crippen molar-refractivity contribution in [3.8, 4) is 0 Å². The van der Waals surface area contributed by atoms with Gasteiger partial charge in [0, 0.05) is 16.6 Å². The van der Waals surface area contributed by atoms with Crippen molar-refractivity contribution < 1.29 is 13.2 Å². The average molecular weight is 401 g/mol. The molecule has 0 saturated carbocycles. The summed E-state index contributed by atoms with van der Waals surface area (Å²) < 4.78 is 27.7. The Kier molecular flexibility index (Phi) is 5.98. The zero-order valence-electron chi connectivity index (χ0n) is 13.9. The molecular weight excluding hydrogens is 383 g/mol. The highest BCUT2D eigenvalue weighted by Crippen LogP contribution is 2.28. The van der Waals surface area contributed by atoms with E-state index < -0.39 is 10.0 Å². The number of sulfonamides is 1. The number of halogens is 2. The smallest absolute Gasteiger partial charge is 0.262 e. The van der Waals surface area contributed by atoms with E-state index in [1.54, 1.807) is 19.1 Å². The molecule has 5 nitrogen and oxygen atoms in total. The fourth-order valence-corrected chi connectivity index (χ4v) is 3.95. The summed E-state index contributed by atoms with van der Waals surface area (Å²) >= 11 is 12.0. The summed E-state index contributed by atoms with van der Waals surface area (Å²) in [6.45, 7) is 5.33. The summed E-state index contributed by atoms with van der Waals surface area (Å²) in [5.74, 6) is -0.314. The molecule has 0 unspecified atom stereocenters. The second-order valence-electron chi connectivity index (χ2n) is 5.84. The van der Waals surface area contributed by atoms with Gasteiger partial charge in [0.05, 0.1) is 15.6 Å². The van der Waals surface area contributed by atoms with Crippen molar-refractivity contribution in [2.24, 2.45) is 0 Å². The summed E-state index contributed by atoms with van der Waals surface area (Å²) in [4.78, 5) is 12.2. The van der Waals surface area contributed by atoms with E-state index in [1.165, 1.54) is 24.3 Å². The van der Waals surface area contributed by atoms with Gasteiger partial charge in [-0.3, -0.25) is 9.52 Å². The van der Waals surface area contributed by atoms with Crippen molar-refractivity contribution in [2.45, 2.75) is 31.7 Å². The van der Waals surface area contributed by atoms with E-state index in [0.717, 1.165) is 0 Å². The third kappa shape index (κ3) is 4.87. The van der Waals surface area contributed by atoms with Gasteiger partial charge >= 0.3 is 0 Å². The van der Waals surface area contributed by atoms with Crippen LogP contribution in [-0.2, 0) is 10.0 Å². The van der Waals surface area contributed by atoms with Gasteiger partial charge in [-0.05, 0) is 56.7 Å². The van der Waals surface area contributed by atoms with Crippen molar-refractivity contribution in [1.29, 1.82) is 0 Å². The molecule has 0 aromatic heterocycles. The monoisotopic (exact) mass is 400 g/mol. The summed E-state index contributed by atoms with van der Waals surface area (Å²) in [5.41, 5.74) is 0.970. The number of anilines is 1. The topological polar surface area (TPSA) is 75.3 Å². The number of benzene rings is 2. The number of carbonyl (C=O) groups is 1. The van der Waals surface area contributed by atoms with Crippen LogP contribution in [0.5, 0.6) is 0 Å². The first-order valence-corrected chi connectivity index (χ1v) is 9.73. The van der Waals surface area contributed by atoms with Crippen LogP contribution in [0.2, 0.25) is 10.0 Å². The van der Waals surface area contributed by atoms with Gasteiger partial charge in [-0.15, -0.1) is 0 Å². The Balaban J connectivity index is 2.39. The Morgan fingerprint density at radius 2 is 1.76 bits per heavy atom. The molecule has 0 aliphatic heterocycles. The molecule has 25 heavy (non-hydrogen) atoms. The minimum Gasteiger partial charge on any atom is -0.350 e. The molecule has 2 rings (SSSR count). The number of aryl methyl sites for hydroxylation is 1. The van der Waals surface area contributed by atoms with Crippen molar-refractivity contribution >= 4 is 44.8 Å². The summed E-state index contributed by atoms with van der Waals surface area (Å²) in [6.07, 6.45) is 0. The van der Waals surface area contributed by atoms with Crippen LogP contribution in [0, 0.1) is 6.92 Å². The van der Waals surface area contributed by atoms with Crippen LogP contribution in [0.1, 0.15) is 29.8 Å². The van der Waals surface area contributed by atoms with E-state index in [9.17, 15) is 13.2 Å². The Morgan fingerprint density at radius 1 is 1.08 bits per heavy atom. The molecule has 8 heteroatoms. The van der Waals surface area contributed by atoms with Gasteiger partial charge in [0.15, 0.2) is 0 Å². The van der Waals surface area contributed by atoms with Crippen LogP contribution in [-0.4, -0.2) is 20.4 Å². The number of carbonyl (C=O) groups excluding carboxylic acids is 1. The van der Waals surface area contributed by atoms with Crippen molar-refractivity contribution in [3.05, 3.63) is 57.6 Å². The molecule has 0 saturated heterocycles. The number of hydrogen-bond acceptors (Lipinski definition) is 3. The Hall–Kier alpha value is -1.76. The molecule has 2 aromatic carbocycles. The first-order chi connectivity index (χ1) is 11.6. The first kappa shape index (κ1) is 19.6. The van der Waals surface area contributed by atoms with E-state index in [4.69, 9.17) is 23.2 Å². The first-order valence-electron chi connectivity index (χ1n) is 7.49. The average Bonchev–Trinajstić information content (AvgIpc) is 2.50. The van der Waals surface area contributed by atoms with Crippen LogP contribution >= 0.6 is 23.2 Å². The van der Waals surface area contributed by atoms with Crippen LogP contribution in [0.4, 0.5) is 5.69 Å². The van der Waals surface area contributed by atoms with E-state index in [-0.39, 0.29) is 27.6 Å². The molecule has 2 aromatic rings. The normalized spacial score (nSPS) is 11.4. The van der Waals surface area contributed by atoms with Crippen LogP contribution in [0.3, 0.4) is 0 Å². The number of rotatable bonds is 5. The van der Waals surface area contributed by atoms with Gasteiger partial charge in [0.1, 0.15) is 0 Å². The summed E-state index contributed by atoms with van der Waals surface area (Å²) in [7, 11) is -3.91. The molecule has 1 amide bonds. The quantitative estimate of drug-likeness (QED) is 0.787. The van der Waals surface area contributed by atoms with E-state index in [1.807, 2.05) is 13.8 Å². The van der Waals surface area contributed by atoms with Crippen molar-refractivity contribution in [2.75, 3.05) is 4.72 Å². The van der Waals surface area contributed by atoms with E-state index in [2.05, 4.69) is 10.0 Å². The van der Waals surface area contributed by atoms with Crippen LogP contribution < -0.4 is 10.0 Å². The van der Waals surface area contributed by atoms with Gasteiger partial charge in [0.2, 0.25) is 0 Å². The molecule has 0 bridgehead atoms. The number of nitrogens with one attached hydrogen (secondary N) is 2. The molecule has 2 N–H and O–H groups in total. The van der Waals surface area contributed by atoms with Crippen molar-refractivity contribution in [3.63, 3.8) is 0 Å². The second-order valence-corrected chi connectivity index (χ2v) is 8.33. The van der Waals surface area contributed by atoms with Gasteiger partial charge < -0.3 is 5.32 Å². The molecule has 0 spiro atoms. The highest BCUT2D eigenvalue weighted by Gasteiger charge is 2.20. The fourth-order valence-electron chi connectivity index (χ4n) is 2.15. The fraction of sp³-hybridized carbons (Fsp3) is 0.235. The zero-order chi connectivity index (χ0) is 18.8. The zero-order valence-corrected chi connectivity index (χ0v) is 16.3. The van der Waals surface area contributed by atoms with Gasteiger partial charge in [-0.25, -0.2) is 8.42 Å². The molecule has 0 aliphatic carbocycles. The molecule has 0 radical (unpaired) electrons. The van der Waals surface area contributed by atoms with E-state index >= 15 is 0 Å². The number of amides is 1. The standard InChI is InChI=1S/C17H18Cl2N2O3S/c1-10(2)20-17(22)12-5-7-14(19)15(8-12)21-25(23,24)16-9-13(18)6-4-11(16)3/h4-10,21H,1-3H3,(H,20,22). The number of hydrogen-bond donors (Lipinski definition) is 2. The maximum atomic E-state index is 12.7.